The monoisotopic (exact) mass is 219 g/mol. The van der Waals surface area contributed by atoms with Gasteiger partial charge in [0.25, 0.3) is 0 Å². The van der Waals surface area contributed by atoms with Gasteiger partial charge in [-0.1, -0.05) is 5.21 Å². The van der Waals surface area contributed by atoms with Crippen molar-refractivity contribution in [2.24, 2.45) is 7.05 Å². The molecule has 1 N–H and O–H groups in total. The molecule has 0 saturated carbocycles. The average Bonchev–Trinajstić information content (AvgIpc) is 2.30. The summed E-state index contributed by atoms with van der Waals surface area (Å²) >= 11 is 0. The minimum Gasteiger partial charge on any atom is -0.480 e. The molecule has 0 saturated heterocycles. The summed E-state index contributed by atoms with van der Waals surface area (Å²) in [5, 5.41) is 15.4. The highest BCUT2D eigenvalue weighted by molar-refractivity contribution is 7.91. The predicted octanol–water partition coefficient (Wildman–Crippen LogP) is -1.19. The van der Waals surface area contributed by atoms with E-state index in [-0.39, 0.29) is 5.69 Å². The quantitative estimate of drug-likeness (QED) is 0.683. The number of aliphatic carboxylic acids is 1. The highest BCUT2D eigenvalue weighted by Gasteiger charge is 2.18. The Labute approximate surface area is 80.3 Å². The van der Waals surface area contributed by atoms with Crippen LogP contribution in [0.25, 0.3) is 0 Å². The molecule has 14 heavy (non-hydrogen) atoms. The number of carboxylic acids is 1. The maximum atomic E-state index is 11.2. The zero-order valence-electron chi connectivity index (χ0n) is 7.41. The maximum Gasteiger partial charge on any atom is 0.318 e. The molecule has 1 aromatic heterocycles. The van der Waals surface area contributed by atoms with E-state index in [1.54, 1.807) is 7.05 Å². The third kappa shape index (κ3) is 3.13. The largest absolute Gasteiger partial charge is 0.480 e. The van der Waals surface area contributed by atoms with Gasteiger partial charge in [-0.05, 0) is 0 Å². The number of aryl methyl sites for hydroxylation is 1. The molecular formula is C6H9N3O4S. The lowest BCUT2D eigenvalue weighted by molar-refractivity contribution is -0.134. The number of aromatic nitrogens is 3. The Kier molecular flexibility index (Phi) is 2.84. The van der Waals surface area contributed by atoms with Crippen molar-refractivity contribution in [1.29, 1.82) is 0 Å². The van der Waals surface area contributed by atoms with E-state index in [1.807, 2.05) is 0 Å². The zero-order valence-corrected chi connectivity index (χ0v) is 8.23. The number of hydrogen-bond acceptors (Lipinski definition) is 5. The van der Waals surface area contributed by atoms with E-state index >= 15 is 0 Å². The molecular weight excluding hydrogens is 210 g/mol. The zero-order chi connectivity index (χ0) is 10.8. The van der Waals surface area contributed by atoms with Crippen LogP contribution in [0.15, 0.2) is 6.20 Å². The van der Waals surface area contributed by atoms with Gasteiger partial charge in [0.15, 0.2) is 9.84 Å². The fraction of sp³-hybridized carbons (Fsp3) is 0.500. The van der Waals surface area contributed by atoms with Gasteiger partial charge in [-0.3, -0.25) is 9.48 Å². The smallest absolute Gasteiger partial charge is 0.318 e. The predicted molar refractivity (Wildman–Crippen MR) is 46.1 cm³/mol. The summed E-state index contributed by atoms with van der Waals surface area (Å²) in [6.07, 6.45) is 1.43. The Morgan fingerprint density at radius 2 is 2.29 bits per heavy atom. The van der Waals surface area contributed by atoms with Gasteiger partial charge < -0.3 is 5.11 Å². The molecule has 0 unspecified atom stereocenters. The minimum absolute atomic E-state index is 0.244. The van der Waals surface area contributed by atoms with Gasteiger partial charge in [0.05, 0.1) is 11.4 Å². The molecule has 78 valence electrons. The highest BCUT2D eigenvalue weighted by Crippen LogP contribution is 2.01. The minimum atomic E-state index is -3.64. The molecule has 1 rings (SSSR count). The number of carboxylic acid groups (broad SMARTS) is 1. The van der Waals surface area contributed by atoms with Crippen molar-refractivity contribution in [3.63, 3.8) is 0 Å². The van der Waals surface area contributed by atoms with Crippen LogP contribution in [0.5, 0.6) is 0 Å². The van der Waals surface area contributed by atoms with E-state index in [0.29, 0.717) is 0 Å². The van der Waals surface area contributed by atoms with Crippen LogP contribution < -0.4 is 0 Å². The second-order valence-electron chi connectivity index (χ2n) is 2.81. The van der Waals surface area contributed by atoms with E-state index in [9.17, 15) is 13.2 Å². The highest BCUT2D eigenvalue weighted by atomic mass is 32.2. The van der Waals surface area contributed by atoms with Gasteiger partial charge in [0.2, 0.25) is 0 Å². The van der Waals surface area contributed by atoms with Gasteiger partial charge in [-0.25, -0.2) is 8.42 Å². The van der Waals surface area contributed by atoms with Gasteiger partial charge in [-0.15, -0.1) is 5.10 Å². The fourth-order valence-electron chi connectivity index (χ4n) is 0.926. The molecule has 0 amide bonds. The first-order valence-electron chi connectivity index (χ1n) is 3.66. The molecule has 0 spiro atoms. The van der Waals surface area contributed by atoms with Crippen LogP contribution in [0, 0.1) is 0 Å². The summed E-state index contributed by atoms with van der Waals surface area (Å²) in [5.41, 5.74) is 0.244. The number of rotatable bonds is 4. The summed E-state index contributed by atoms with van der Waals surface area (Å²) in [4.78, 5) is 10.2. The lowest BCUT2D eigenvalue weighted by Gasteiger charge is -1.96. The number of carbonyl (C=O) groups is 1. The number of sulfone groups is 1. The molecule has 0 fully saturated rings. The van der Waals surface area contributed by atoms with E-state index in [4.69, 9.17) is 5.11 Å². The number of nitrogens with zero attached hydrogens (tertiary/aromatic N) is 3. The molecule has 0 aliphatic heterocycles. The number of hydrogen-bond donors (Lipinski definition) is 1. The summed E-state index contributed by atoms with van der Waals surface area (Å²) < 4.78 is 23.7. The Morgan fingerprint density at radius 3 is 2.71 bits per heavy atom. The first-order chi connectivity index (χ1) is 6.39. The molecule has 0 aromatic carbocycles. The maximum absolute atomic E-state index is 11.2. The van der Waals surface area contributed by atoms with Crippen molar-refractivity contribution >= 4 is 15.8 Å². The lowest BCUT2D eigenvalue weighted by Crippen LogP contribution is -2.17. The molecule has 0 bridgehead atoms. The third-order valence-corrected chi connectivity index (χ3v) is 2.78. The van der Waals surface area contributed by atoms with E-state index < -0.39 is 27.3 Å². The molecule has 0 radical (unpaired) electrons. The second kappa shape index (κ2) is 3.74. The topological polar surface area (TPSA) is 102 Å². The summed E-state index contributed by atoms with van der Waals surface area (Å²) in [5.74, 6) is -2.65. The van der Waals surface area contributed by atoms with Gasteiger partial charge in [0, 0.05) is 13.2 Å². The second-order valence-corrected chi connectivity index (χ2v) is 4.87. The fourth-order valence-corrected chi connectivity index (χ4v) is 1.99. The Balaban J connectivity index is 2.73. The Morgan fingerprint density at radius 1 is 1.64 bits per heavy atom. The Hall–Kier alpha value is -1.44. The van der Waals surface area contributed by atoms with E-state index in [1.165, 1.54) is 10.9 Å². The van der Waals surface area contributed by atoms with E-state index in [2.05, 4.69) is 10.3 Å². The molecule has 1 heterocycles. The van der Waals surface area contributed by atoms with Crippen molar-refractivity contribution in [2.75, 3.05) is 5.75 Å². The van der Waals surface area contributed by atoms with Crippen molar-refractivity contribution < 1.29 is 18.3 Å². The van der Waals surface area contributed by atoms with Crippen LogP contribution in [0.4, 0.5) is 0 Å². The van der Waals surface area contributed by atoms with Crippen molar-refractivity contribution in [1.82, 2.24) is 15.0 Å². The third-order valence-electron chi connectivity index (χ3n) is 1.36. The SMILES string of the molecule is Cn1cc(CS(=O)(=O)CC(=O)O)nn1. The van der Waals surface area contributed by atoms with Crippen LogP contribution in [-0.2, 0) is 27.4 Å². The first kappa shape index (κ1) is 10.6. The lowest BCUT2D eigenvalue weighted by atomic mass is 10.6. The van der Waals surface area contributed by atoms with Crippen LogP contribution in [0.2, 0.25) is 0 Å². The Bertz CT molecular complexity index is 436. The molecule has 0 aliphatic carbocycles. The van der Waals surface area contributed by atoms with Crippen molar-refractivity contribution in [3.8, 4) is 0 Å². The van der Waals surface area contributed by atoms with Gasteiger partial charge in [0.1, 0.15) is 5.75 Å². The van der Waals surface area contributed by atoms with Crippen LogP contribution in [0.1, 0.15) is 5.69 Å². The molecule has 0 atom stereocenters. The van der Waals surface area contributed by atoms with Crippen LogP contribution in [-0.4, -0.2) is 40.2 Å². The van der Waals surface area contributed by atoms with Crippen LogP contribution in [0.3, 0.4) is 0 Å². The normalized spacial score (nSPS) is 11.5. The average molecular weight is 219 g/mol. The van der Waals surface area contributed by atoms with Gasteiger partial charge >= 0.3 is 5.97 Å². The van der Waals surface area contributed by atoms with Crippen molar-refractivity contribution in [2.45, 2.75) is 5.75 Å². The molecule has 0 aliphatic rings. The molecule has 7 nitrogen and oxygen atoms in total. The molecule has 8 heteroatoms. The summed E-state index contributed by atoms with van der Waals surface area (Å²) in [7, 11) is -2.04. The standard InChI is InChI=1S/C6H9N3O4S/c1-9-2-5(7-8-9)3-14(12,13)4-6(10)11/h2H,3-4H2,1H3,(H,10,11). The summed E-state index contributed by atoms with van der Waals surface area (Å²) in [6.45, 7) is 0. The van der Waals surface area contributed by atoms with E-state index in [0.717, 1.165) is 0 Å². The molecule has 1 aromatic rings. The van der Waals surface area contributed by atoms with Crippen molar-refractivity contribution in [3.05, 3.63) is 11.9 Å². The van der Waals surface area contributed by atoms with Crippen LogP contribution >= 0.6 is 0 Å². The van der Waals surface area contributed by atoms with Gasteiger partial charge in [-0.2, -0.15) is 0 Å². The summed E-state index contributed by atoms with van der Waals surface area (Å²) in [6, 6.07) is 0. The first-order valence-corrected chi connectivity index (χ1v) is 5.48.